The van der Waals surface area contributed by atoms with Gasteiger partial charge in [0.2, 0.25) is 5.91 Å². The number of nitrogens with zero attached hydrogens (tertiary/aromatic N) is 3. The van der Waals surface area contributed by atoms with Gasteiger partial charge in [-0.05, 0) is 43.4 Å². The minimum atomic E-state index is -0.312. The zero-order valence-corrected chi connectivity index (χ0v) is 14.8. The molecule has 26 heavy (non-hydrogen) atoms. The maximum atomic E-state index is 13.1. The Balaban J connectivity index is 1.43. The SMILES string of the molecule is O=C(c1ccoc1)N1CCC[C@]2(CC1)CCN(Cc1cccnc1)C2=O. The van der Waals surface area contributed by atoms with Crippen molar-refractivity contribution in [2.75, 3.05) is 19.6 Å². The highest BCUT2D eigenvalue weighted by Crippen LogP contribution is 2.42. The zero-order valence-electron chi connectivity index (χ0n) is 14.8. The predicted molar refractivity (Wildman–Crippen MR) is 95.2 cm³/mol. The van der Waals surface area contributed by atoms with Crippen LogP contribution in [-0.2, 0) is 11.3 Å². The summed E-state index contributed by atoms with van der Waals surface area (Å²) in [7, 11) is 0. The smallest absolute Gasteiger partial charge is 0.257 e. The first-order chi connectivity index (χ1) is 12.7. The molecule has 4 rings (SSSR count). The van der Waals surface area contributed by atoms with E-state index in [9.17, 15) is 9.59 Å². The topological polar surface area (TPSA) is 66.7 Å². The molecule has 4 heterocycles. The lowest BCUT2D eigenvalue weighted by Crippen LogP contribution is -2.36. The lowest BCUT2D eigenvalue weighted by atomic mass is 9.79. The molecule has 0 bridgehead atoms. The molecule has 2 fully saturated rings. The van der Waals surface area contributed by atoms with Crippen LogP contribution in [0.4, 0.5) is 0 Å². The van der Waals surface area contributed by atoms with Gasteiger partial charge < -0.3 is 14.2 Å². The molecule has 0 saturated carbocycles. The van der Waals surface area contributed by atoms with Gasteiger partial charge in [0, 0.05) is 38.6 Å². The number of hydrogen-bond acceptors (Lipinski definition) is 4. The Morgan fingerprint density at radius 1 is 1.19 bits per heavy atom. The summed E-state index contributed by atoms with van der Waals surface area (Å²) >= 11 is 0. The van der Waals surface area contributed by atoms with Crippen LogP contribution < -0.4 is 0 Å². The normalized spacial score (nSPS) is 23.5. The largest absolute Gasteiger partial charge is 0.472 e. The fourth-order valence-electron chi connectivity index (χ4n) is 4.19. The van der Waals surface area contributed by atoms with E-state index in [0.717, 1.165) is 37.8 Å². The quantitative estimate of drug-likeness (QED) is 0.851. The summed E-state index contributed by atoms with van der Waals surface area (Å²) in [5.41, 5.74) is 1.33. The maximum absolute atomic E-state index is 13.1. The molecule has 0 unspecified atom stereocenters. The second kappa shape index (κ2) is 6.94. The Morgan fingerprint density at radius 3 is 2.85 bits per heavy atom. The van der Waals surface area contributed by atoms with Gasteiger partial charge in [-0.1, -0.05) is 6.07 Å². The molecule has 2 aromatic heterocycles. The van der Waals surface area contributed by atoms with Gasteiger partial charge in [0.05, 0.1) is 17.2 Å². The maximum Gasteiger partial charge on any atom is 0.257 e. The van der Waals surface area contributed by atoms with Crippen LogP contribution in [0.25, 0.3) is 0 Å². The van der Waals surface area contributed by atoms with E-state index in [2.05, 4.69) is 4.98 Å². The molecule has 1 spiro atoms. The van der Waals surface area contributed by atoms with Gasteiger partial charge in [0.15, 0.2) is 0 Å². The average molecular weight is 353 g/mol. The predicted octanol–water partition coefficient (Wildman–Crippen LogP) is 2.72. The lowest BCUT2D eigenvalue weighted by molar-refractivity contribution is -0.137. The second-order valence-electron chi connectivity index (χ2n) is 7.28. The van der Waals surface area contributed by atoms with Gasteiger partial charge in [0.25, 0.3) is 5.91 Å². The third kappa shape index (κ3) is 3.11. The summed E-state index contributed by atoms with van der Waals surface area (Å²) in [4.78, 5) is 33.6. The van der Waals surface area contributed by atoms with Crippen LogP contribution in [0.5, 0.6) is 0 Å². The molecule has 0 aromatic carbocycles. The Labute approximate surface area is 152 Å². The van der Waals surface area contributed by atoms with Crippen LogP contribution in [0.1, 0.15) is 41.6 Å². The molecule has 6 nitrogen and oxygen atoms in total. The molecular formula is C20H23N3O3. The van der Waals surface area contributed by atoms with Crippen LogP contribution in [0, 0.1) is 5.41 Å². The van der Waals surface area contributed by atoms with E-state index >= 15 is 0 Å². The molecule has 2 aliphatic rings. The van der Waals surface area contributed by atoms with E-state index in [1.165, 1.54) is 12.5 Å². The molecule has 136 valence electrons. The molecule has 2 amide bonds. The summed E-state index contributed by atoms with van der Waals surface area (Å²) in [6.45, 7) is 2.72. The van der Waals surface area contributed by atoms with Crippen molar-refractivity contribution in [3.05, 3.63) is 54.2 Å². The Bertz CT molecular complexity index is 775. The molecule has 2 aliphatic heterocycles. The average Bonchev–Trinajstić information content (AvgIpc) is 3.23. The number of hydrogen-bond donors (Lipinski definition) is 0. The summed E-state index contributed by atoms with van der Waals surface area (Å²) in [6.07, 6.45) is 9.88. The number of rotatable bonds is 3. The van der Waals surface area contributed by atoms with Crippen LogP contribution in [0.15, 0.2) is 47.5 Å². The molecule has 0 N–H and O–H groups in total. The van der Waals surface area contributed by atoms with Crippen LogP contribution in [0.3, 0.4) is 0 Å². The van der Waals surface area contributed by atoms with Crippen LogP contribution in [-0.4, -0.2) is 46.2 Å². The summed E-state index contributed by atoms with van der Waals surface area (Å²) in [5, 5.41) is 0. The number of amides is 2. The summed E-state index contributed by atoms with van der Waals surface area (Å²) < 4.78 is 5.03. The monoisotopic (exact) mass is 353 g/mol. The first-order valence-electron chi connectivity index (χ1n) is 9.18. The molecule has 6 heteroatoms. The molecule has 1 atom stereocenters. The van der Waals surface area contributed by atoms with Crippen molar-refractivity contribution in [1.29, 1.82) is 0 Å². The number of carbonyl (C=O) groups is 2. The number of furan rings is 1. The Hall–Kier alpha value is -2.63. The van der Waals surface area contributed by atoms with Crippen molar-refractivity contribution in [3.8, 4) is 0 Å². The fraction of sp³-hybridized carbons (Fsp3) is 0.450. The highest BCUT2D eigenvalue weighted by Gasteiger charge is 2.47. The highest BCUT2D eigenvalue weighted by molar-refractivity contribution is 5.94. The van der Waals surface area contributed by atoms with E-state index in [0.29, 0.717) is 25.2 Å². The van der Waals surface area contributed by atoms with Gasteiger partial charge in [0.1, 0.15) is 6.26 Å². The van der Waals surface area contributed by atoms with Crippen molar-refractivity contribution in [2.24, 2.45) is 5.41 Å². The van der Waals surface area contributed by atoms with E-state index in [1.807, 2.05) is 28.1 Å². The van der Waals surface area contributed by atoms with Crippen molar-refractivity contribution in [1.82, 2.24) is 14.8 Å². The number of pyridine rings is 1. The van der Waals surface area contributed by atoms with E-state index in [1.54, 1.807) is 12.3 Å². The minimum Gasteiger partial charge on any atom is -0.472 e. The Morgan fingerprint density at radius 2 is 2.08 bits per heavy atom. The van der Waals surface area contributed by atoms with E-state index in [-0.39, 0.29) is 17.2 Å². The standard InChI is InChI=1S/C20H23N3O3/c24-18(17-4-12-26-15-17)22-9-2-5-20(6-10-22)7-11-23(19(20)25)14-16-3-1-8-21-13-16/h1,3-4,8,12-13,15H,2,5-7,9-11,14H2/t20-/m0/s1. The summed E-state index contributed by atoms with van der Waals surface area (Å²) in [5.74, 6) is 0.229. The van der Waals surface area contributed by atoms with Gasteiger partial charge in [-0.15, -0.1) is 0 Å². The van der Waals surface area contributed by atoms with Gasteiger partial charge in [-0.25, -0.2) is 0 Å². The first-order valence-corrected chi connectivity index (χ1v) is 9.18. The first kappa shape index (κ1) is 16.8. The van der Waals surface area contributed by atoms with Gasteiger partial charge >= 0.3 is 0 Å². The lowest BCUT2D eigenvalue weighted by Gasteiger charge is -2.26. The highest BCUT2D eigenvalue weighted by atomic mass is 16.3. The van der Waals surface area contributed by atoms with Gasteiger partial charge in [-0.2, -0.15) is 0 Å². The summed E-state index contributed by atoms with van der Waals surface area (Å²) in [6, 6.07) is 5.60. The third-order valence-electron chi connectivity index (χ3n) is 5.70. The van der Waals surface area contributed by atoms with Crippen molar-refractivity contribution >= 4 is 11.8 Å². The van der Waals surface area contributed by atoms with E-state index < -0.39 is 0 Å². The number of aromatic nitrogens is 1. The second-order valence-corrected chi connectivity index (χ2v) is 7.28. The van der Waals surface area contributed by atoms with Crippen molar-refractivity contribution in [3.63, 3.8) is 0 Å². The third-order valence-corrected chi connectivity index (χ3v) is 5.70. The van der Waals surface area contributed by atoms with Crippen molar-refractivity contribution in [2.45, 2.75) is 32.2 Å². The fourth-order valence-corrected chi connectivity index (χ4v) is 4.19. The molecule has 2 aromatic rings. The molecule has 2 saturated heterocycles. The number of carbonyl (C=O) groups excluding carboxylic acids is 2. The van der Waals surface area contributed by atoms with Crippen LogP contribution in [0.2, 0.25) is 0 Å². The van der Waals surface area contributed by atoms with Crippen LogP contribution >= 0.6 is 0 Å². The number of likely N-dealkylation sites (tertiary alicyclic amines) is 2. The Kier molecular flexibility index (Phi) is 4.49. The zero-order chi connectivity index (χ0) is 18.0. The van der Waals surface area contributed by atoms with Gasteiger partial charge in [-0.3, -0.25) is 14.6 Å². The van der Waals surface area contributed by atoms with E-state index in [4.69, 9.17) is 4.42 Å². The molecule has 0 radical (unpaired) electrons. The molecule has 0 aliphatic carbocycles. The molecular weight excluding hydrogens is 330 g/mol. The minimum absolute atomic E-state index is 0.00605. The van der Waals surface area contributed by atoms with Crippen molar-refractivity contribution < 1.29 is 14.0 Å².